The van der Waals surface area contributed by atoms with Crippen LogP contribution in [0.3, 0.4) is 0 Å². The van der Waals surface area contributed by atoms with Gasteiger partial charge in [-0.05, 0) is 54.4 Å². The molecule has 1 atom stereocenters. The summed E-state index contributed by atoms with van der Waals surface area (Å²) in [5, 5.41) is 2.93. The first-order chi connectivity index (χ1) is 13.8. The van der Waals surface area contributed by atoms with Crippen molar-refractivity contribution in [3.05, 3.63) is 89.7 Å². The van der Waals surface area contributed by atoms with Crippen molar-refractivity contribution in [2.75, 3.05) is 6.26 Å². The van der Waals surface area contributed by atoms with Crippen LogP contribution in [0.2, 0.25) is 0 Å². The van der Waals surface area contributed by atoms with Crippen molar-refractivity contribution >= 4 is 15.7 Å². The molecule has 0 unspecified atom stereocenters. The van der Waals surface area contributed by atoms with E-state index in [2.05, 4.69) is 10.3 Å². The summed E-state index contributed by atoms with van der Waals surface area (Å²) >= 11 is 0. The summed E-state index contributed by atoms with van der Waals surface area (Å²) in [6.45, 7) is 2.17. The van der Waals surface area contributed by atoms with Gasteiger partial charge in [0.25, 0.3) is 5.91 Å². The number of rotatable bonds is 7. The molecule has 1 aromatic heterocycles. The molecule has 0 aliphatic rings. The molecule has 1 amide bonds. The highest BCUT2D eigenvalue weighted by Crippen LogP contribution is 2.22. The Kier molecular flexibility index (Phi) is 6.29. The van der Waals surface area contributed by atoms with E-state index in [-0.39, 0.29) is 16.8 Å². The molecule has 0 aliphatic carbocycles. The Balaban J connectivity index is 1.70. The van der Waals surface area contributed by atoms with E-state index in [1.54, 1.807) is 54.9 Å². The lowest BCUT2D eigenvalue weighted by atomic mass is 10.1. The average Bonchev–Trinajstić information content (AvgIpc) is 2.72. The number of nitrogens with zero attached hydrogens (tertiary/aromatic N) is 1. The van der Waals surface area contributed by atoms with Crippen LogP contribution in [0, 0.1) is 0 Å². The van der Waals surface area contributed by atoms with Gasteiger partial charge in [-0.15, -0.1) is 0 Å². The maximum atomic E-state index is 12.8. The fourth-order valence-electron chi connectivity index (χ4n) is 2.78. The smallest absolute Gasteiger partial charge is 0.255 e. The van der Waals surface area contributed by atoms with E-state index in [0.717, 1.165) is 17.4 Å². The summed E-state index contributed by atoms with van der Waals surface area (Å²) in [5.74, 6) is 0.219. The minimum absolute atomic E-state index is 0.245. The Hall–Kier alpha value is -3.19. The highest BCUT2D eigenvalue weighted by atomic mass is 32.2. The Morgan fingerprint density at radius 1 is 1.03 bits per heavy atom. The summed E-state index contributed by atoms with van der Waals surface area (Å²) in [5.41, 5.74) is 2.19. The molecule has 1 heterocycles. The molecule has 1 N–H and O–H groups in total. The molecule has 6 nitrogen and oxygen atoms in total. The predicted octanol–water partition coefficient (Wildman–Crippen LogP) is 3.56. The SMILES string of the molecule is C[C@H](NC(=O)c1ccccc1OCc1ccncc1)c1ccc(S(C)(=O)=O)cc1. The predicted molar refractivity (Wildman–Crippen MR) is 110 cm³/mol. The van der Waals surface area contributed by atoms with E-state index in [9.17, 15) is 13.2 Å². The van der Waals surface area contributed by atoms with Crippen LogP contribution in [0.15, 0.2) is 78.0 Å². The van der Waals surface area contributed by atoms with Gasteiger partial charge in [0.2, 0.25) is 0 Å². The summed E-state index contributed by atoms with van der Waals surface area (Å²) in [6, 6.07) is 16.9. The van der Waals surface area contributed by atoms with Gasteiger partial charge in [-0.25, -0.2) is 8.42 Å². The third-order valence-corrected chi connectivity index (χ3v) is 5.56. The first-order valence-corrected chi connectivity index (χ1v) is 11.0. The Morgan fingerprint density at radius 2 is 1.69 bits per heavy atom. The van der Waals surface area contributed by atoms with Gasteiger partial charge >= 0.3 is 0 Å². The van der Waals surface area contributed by atoms with E-state index in [1.807, 2.05) is 25.1 Å². The average molecular weight is 410 g/mol. The van der Waals surface area contributed by atoms with Crippen molar-refractivity contribution in [3.8, 4) is 5.75 Å². The van der Waals surface area contributed by atoms with Crippen LogP contribution in [0.1, 0.15) is 34.5 Å². The zero-order valence-corrected chi connectivity index (χ0v) is 17.0. The minimum Gasteiger partial charge on any atom is -0.488 e. The van der Waals surface area contributed by atoms with Crippen LogP contribution in [0.25, 0.3) is 0 Å². The molecule has 0 bridgehead atoms. The monoisotopic (exact) mass is 410 g/mol. The van der Waals surface area contributed by atoms with E-state index < -0.39 is 9.84 Å². The molecule has 0 saturated carbocycles. The van der Waals surface area contributed by atoms with Crippen LogP contribution >= 0.6 is 0 Å². The molecule has 3 rings (SSSR count). The normalized spacial score (nSPS) is 12.2. The zero-order chi connectivity index (χ0) is 20.9. The number of aromatic nitrogens is 1. The van der Waals surface area contributed by atoms with Crippen LogP contribution in [0.4, 0.5) is 0 Å². The second-order valence-corrected chi connectivity index (χ2v) is 8.69. The van der Waals surface area contributed by atoms with Gasteiger partial charge in [0.05, 0.1) is 16.5 Å². The van der Waals surface area contributed by atoms with E-state index in [4.69, 9.17) is 4.74 Å². The third-order valence-electron chi connectivity index (χ3n) is 4.43. The van der Waals surface area contributed by atoms with Gasteiger partial charge in [-0.2, -0.15) is 0 Å². The maximum absolute atomic E-state index is 12.8. The molecule has 29 heavy (non-hydrogen) atoms. The van der Waals surface area contributed by atoms with E-state index in [0.29, 0.717) is 17.9 Å². The molecule has 150 valence electrons. The number of hydrogen-bond acceptors (Lipinski definition) is 5. The lowest BCUT2D eigenvalue weighted by molar-refractivity contribution is 0.0935. The number of ether oxygens (including phenoxy) is 1. The quantitative estimate of drug-likeness (QED) is 0.644. The van der Waals surface area contributed by atoms with Crippen LogP contribution in [-0.4, -0.2) is 25.6 Å². The highest BCUT2D eigenvalue weighted by molar-refractivity contribution is 7.90. The number of para-hydroxylation sites is 1. The number of sulfone groups is 1. The minimum atomic E-state index is -3.25. The summed E-state index contributed by atoms with van der Waals surface area (Å²) in [6.07, 6.45) is 4.54. The molecule has 0 fully saturated rings. The molecular formula is C22H22N2O4S. The second kappa shape index (κ2) is 8.87. The summed E-state index contributed by atoms with van der Waals surface area (Å²) in [4.78, 5) is 17.0. The molecular weight excluding hydrogens is 388 g/mol. The Labute approximate surface area is 170 Å². The standard InChI is InChI=1S/C22H22N2O4S/c1-16(18-7-9-19(10-8-18)29(2,26)27)24-22(25)20-5-3-4-6-21(20)28-15-17-11-13-23-14-12-17/h3-14,16H,15H2,1-2H3,(H,24,25)/t16-/m0/s1. The number of nitrogens with one attached hydrogen (secondary N) is 1. The van der Waals surface area contributed by atoms with Crippen molar-refractivity contribution in [3.63, 3.8) is 0 Å². The van der Waals surface area contributed by atoms with Crippen molar-refractivity contribution in [2.45, 2.75) is 24.5 Å². The van der Waals surface area contributed by atoms with Gasteiger partial charge < -0.3 is 10.1 Å². The molecule has 0 radical (unpaired) electrons. The molecule has 7 heteroatoms. The van der Waals surface area contributed by atoms with E-state index in [1.165, 1.54) is 0 Å². The van der Waals surface area contributed by atoms with Crippen LogP contribution < -0.4 is 10.1 Å². The second-order valence-electron chi connectivity index (χ2n) is 6.68. The number of hydrogen-bond donors (Lipinski definition) is 1. The Bertz CT molecular complexity index is 1080. The first-order valence-electron chi connectivity index (χ1n) is 9.06. The zero-order valence-electron chi connectivity index (χ0n) is 16.2. The lowest BCUT2D eigenvalue weighted by Gasteiger charge is -2.17. The molecule has 3 aromatic rings. The molecule has 0 saturated heterocycles. The van der Waals surface area contributed by atoms with Crippen molar-refractivity contribution in [1.82, 2.24) is 10.3 Å². The van der Waals surface area contributed by atoms with Crippen LogP contribution in [0.5, 0.6) is 5.75 Å². The van der Waals surface area contributed by atoms with Gasteiger partial charge in [-0.3, -0.25) is 9.78 Å². The summed E-state index contributed by atoms with van der Waals surface area (Å²) < 4.78 is 29.0. The van der Waals surface area contributed by atoms with E-state index >= 15 is 0 Å². The van der Waals surface area contributed by atoms with Crippen molar-refractivity contribution < 1.29 is 17.9 Å². The number of amides is 1. The number of benzene rings is 2. The topological polar surface area (TPSA) is 85.4 Å². The maximum Gasteiger partial charge on any atom is 0.255 e. The fraction of sp³-hybridized carbons (Fsp3) is 0.182. The molecule has 0 spiro atoms. The number of pyridine rings is 1. The number of carbonyl (C=O) groups excluding carboxylic acids is 1. The number of carbonyl (C=O) groups is 1. The van der Waals surface area contributed by atoms with Gasteiger partial charge in [0, 0.05) is 18.6 Å². The largest absolute Gasteiger partial charge is 0.488 e. The molecule has 0 aliphatic heterocycles. The lowest BCUT2D eigenvalue weighted by Crippen LogP contribution is -2.27. The third kappa shape index (κ3) is 5.42. The highest BCUT2D eigenvalue weighted by Gasteiger charge is 2.16. The van der Waals surface area contributed by atoms with Crippen LogP contribution in [-0.2, 0) is 16.4 Å². The van der Waals surface area contributed by atoms with Gasteiger partial charge in [-0.1, -0.05) is 24.3 Å². The van der Waals surface area contributed by atoms with Gasteiger partial charge in [0.1, 0.15) is 12.4 Å². The van der Waals surface area contributed by atoms with Crippen molar-refractivity contribution in [1.29, 1.82) is 0 Å². The first kappa shape index (κ1) is 20.5. The Morgan fingerprint density at radius 3 is 2.34 bits per heavy atom. The summed E-state index contributed by atoms with van der Waals surface area (Å²) in [7, 11) is -3.25. The van der Waals surface area contributed by atoms with Gasteiger partial charge in [0.15, 0.2) is 9.84 Å². The fourth-order valence-corrected chi connectivity index (χ4v) is 3.41. The van der Waals surface area contributed by atoms with Crippen molar-refractivity contribution in [2.24, 2.45) is 0 Å². The molecule has 2 aromatic carbocycles.